The standard InChI is InChI=1S/C25H29ClN4O2/c1-16-23(24(28-32-16)19-9-5-6-10-20(19)26)25(31)27-15-22(29(2)3)18-11-12-21-17(14-18)8-7-13-30(21)4/h5-6,9-12,14,22H,7-8,13,15H2,1-4H3,(H,27,31)/t22-/m0/s1. The molecule has 0 fully saturated rings. The Bertz CT molecular complexity index is 1120. The smallest absolute Gasteiger partial charge is 0.257 e. The van der Waals surface area contributed by atoms with Crippen molar-refractivity contribution in [3.63, 3.8) is 0 Å². The molecule has 2 heterocycles. The monoisotopic (exact) mass is 452 g/mol. The lowest BCUT2D eigenvalue weighted by atomic mass is 9.96. The van der Waals surface area contributed by atoms with Crippen LogP contribution in [-0.2, 0) is 6.42 Å². The average molecular weight is 453 g/mol. The van der Waals surface area contributed by atoms with E-state index in [1.807, 2.05) is 32.3 Å². The Morgan fingerprint density at radius 1 is 1.28 bits per heavy atom. The van der Waals surface area contributed by atoms with E-state index in [0.29, 0.717) is 34.1 Å². The van der Waals surface area contributed by atoms with Crippen molar-refractivity contribution in [1.82, 2.24) is 15.4 Å². The third-order valence-corrected chi connectivity index (χ3v) is 6.47. The SMILES string of the molecule is Cc1onc(-c2ccccc2Cl)c1C(=O)NC[C@@H](c1ccc2c(c1)CCCN2C)N(C)C. The third-order valence-electron chi connectivity index (χ3n) is 6.14. The Labute approximate surface area is 194 Å². The van der Waals surface area contributed by atoms with Gasteiger partial charge in [-0.05, 0) is 57.1 Å². The summed E-state index contributed by atoms with van der Waals surface area (Å²) in [7, 11) is 6.20. The van der Waals surface area contributed by atoms with E-state index in [1.54, 1.807) is 13.0 Å². The molecule has 1 amide bonds. The molecule has 0 saturated carbocycles. The number of aromatic nitrogens is 1. The zero-order valence-electron chi connectivity index (χ0n) is 19.0. The van der Waals surface area contributed by atoms with Gasteiger partial charge in [0.05, 0.1) is 11.1 Å². The van der Waals surface area contributed by atoms with Crippen LogP contribution >= 0.6 is 11.6 Å². The van der Waals surface area contributed by atoms with E-state index in [-0.39, 0.29) is 11.9 Å². The number of nitrogens with one attached hydrogen (secondary N) is 1. The van der Waals surface area contributed by atoms with Gasteiger partial charge in [-0.3, -0.25) is 4.79 Å². The summed E-state index contributed by atoms with van der Waals surface area (Å²) in [4.78, 5) is 17.6. The quantitative estimate of drug-likeness (QED) is 0.586. The first-order chi connectivity index (χ1) is 15.4. The van der Waals surface area contributed by atoms with Gasteiger partial charge in [-0.1, -0.05) is 47.1 Å². The van der Waals surface area contributed by atoms with E-state index in [4.69, 9.17) is 16.1 Å². The zero-order valence-corrected chi connectivity index (χ0v) is 19.7. The van der Waals surface area contributed by atoms with E-state index < -0.39 is 0 Å². The fourth-order valence-corrected chi connectivity index (χ4v) is 4.59. The van der Waals surface area contributed by atoms with Crippen LogP contribution in [0.15, 0.2) is 47.0 Å². The summed E-state index contributed by atoms with van der Waals surface area (Å²) in [5.74, 6) is 0.249. The van der Waals surface area contributed by atoms with Crippen LogP contribution in [0, 0.1) is 6.92 Å². The maximum absolute atomic E-state index is 13.2. The van der Waals surface area contributed by atoms with Gasteiger partial charge in [0.25, 0.3) is 5.91 Å². The van der Waals surface area contributed by atoms with Crippen molar-refractivity contribution in [2.24, 2.45) is 0 Å². The molecule has 0 spiro atoms. The molecular formula is C25H29ClN4O2. The van der Waals surface area contributed by atoms with Gasteiger partial charge < -0.3 is 19.6 Å². The number of carbonyl (C=O) groups excluding carboxylic acids is 1. The molecule has 1 aromatic heterocycles. The summed E-state index contributed by atoms with van der Waals surface area (Å²) in [6.45, 7) is 3.30. The van der Waals surface area contributed by atoms with Crippen LogP contribution in [-0.4, -0.2) is 50.2 Å². The lowest BCUT2D eigenvalue weighted by molar-refractivity contribution is 0.0941. The number of halogens is 1. The number of carbonyl (C=O) groups is 1. The molecule has 0 radical (unpaired) electrons. The fourth-order valence-electron chi connectivity index (χ4n) is 4.37. The van der Waals surface area contributed by atoms with Crippen LogP contribution in [0.25, 0.3) is 11.3 Å². The number of hydrogen-bond donors (Lipinski definition) is 1. The highest BCUT2D eigenvalue weighted by molar-refractivity contribution is 6.33. The Balaban J connectivity index is 1.56. The van der Waals surface area contributed by atoms with Gasteiger partial charge >= 0.3 is 0 Å². The number of aryl methyl sites for hydroxylation is 2. The normalized spacial score (nSPS) is 14.4. The van der Waals surface area contributed by atoms with Gasteiger partial charge in [0.15, 0.2) is 0 Å². The molecule has 32 heavy (non-hydrogen) atoms. The van der Waals surface area contributed by atoms with Crippen LogP contribution in [0.3, 0.4) is 0 Å². The summed E-state index contributed by atoms with van der Waals surface area (Å²) in [5, 5.41) is 7.73. The number of fused-ring (bicyclic) bond motifs is 1. The topological polar surface area (TPSA) is 61.6 Å². The van der Waals surface area contributed by atoms with Crippen LogP contribution in [0.5, 0.6) is 0 Å². The molecular weight excluding hydrogens is 424 g/mol. The number of hydrogen-bond acceptors (Lipinski definition) is 5. The minimum atomic E-state index is -0.219. The number of rotatable bonds is 6. The van der Waals surface area contributed by atoms with Crippen molar-refractivity contribution in [3.05, 3.63) is 69.9 Å². The van der Waals surface area contributed by atoms with Gasteiger partial charge in [-0.15, -0.1) is 0 Å². The molecule has 1 aliphatic heterocycles. The molecule has 6 nitrogen and oxygen atoms in total. The van der Waals surface area contributed by atoms with E-state index in [1.165, 1.54) is 16.8 Å². The lowest BCUT2D eigenvalue weighted by Gasteiger charge is -2.30. The minimum Gasteiger partial charge on any atom is -0.374 e. The Morgan fingerprint density at radius 3 is 2.81 bits per heavy atom. The summed E-state index contributed by atoms with van der Waals surface area (Å²) >= 11 is 6.34. The highest BCUT2D eigenvalue weighted by atomic mass is 35.5. The Hall–Kier alpha value is -2.83. The summed E-state index contributed by atoms with van der Waals surface area (Å²) < 4.78 is 5.35. The maximum atomic E-state index is 13.2. The first-order valence-electron chi connectivity index (χ1n) is 10.9. The second-order valence-corrected chi connectivity index (χ2v) is 8.95. The molecule has 0 bridgehead atoms. The van der Waals surface area contributed by atoms with Crippen molar-refractivity contribution < 1.29 is 9.32 Å². The van der Waals surface area contributed by atoms with Gasteiger partial charge in [0.1, 0.15) is 17.0 Å². The van der Waals surface area contributed by atoms with Crippen LogP contribution in [0.2, 0.25) is 5.02 Å². The lowest BCUT2D eigenvalue weighted by Crippen LogP contribution is -2.35. The van der Waals surface area contributed by atoms with E-state index in [2.05, 4.69) is 45.5 Å². The molecule has 0 unspecified atom stereocenters. The number of benzene rings is 2. The number of anilines is 1. The third kappa shape index (κ3) is 4.38. The molecule has 4 rings (SSSR count). The zero-order chi connectivity index (χ0) is 22.8. The second-order valence-electron chi connectivity index (χ2n) is 8.54. The summed E-state index contributed by atoms with van der Waals surface area (Å²) in [6, 6.07) is 14.0. The molecule has 0 saturated heterocycles. The van der Waals surface area contributed by atoms with Crippen LogP contribution in [0.4, 0.5) is 5.69 Å². The molecule has 2 aromatic carbocycles. The van der Waals surface area contributed by atoms with Crippen molar-refractivity contribution in [2.75, 3.05) is 39.1 Å². The fraction of sp³-hybridized carbons (Fsp3) is 0.360. The average Bonchev–Trinajstić information content (AvgIpc) is 3.15. The predicted molar refractivity (Wildman–Crippen MR) is 128 cm³/mol. The maximum Gasteiger partial charge on any atom is 0.257 e. The molecule has 168 valence electrons. The first-order valence-corrected chi connectivity index (χ1v) is 11.2. The van der Waals surface area contributed by atoms with Crippen LogP contribution < -0.4 is 10.2 Å². The Kier molecular flexibility index (Phi) is 6.53. The molecule has 0 aliphatic carbocycles. The molecule has 7 heteroatoms. The van der Waals surface area contributed by atoms with Crippen molar-refractivity contribution in [2.45, 2.75) is 25.8 Å². The van der Waals surface area contributed by atoms with Gasteiger partial charge in [0.2, 0.25) is 0 Å². The molecule has 1 atom stereocenters. The van der Waals surface area contributed by atoms with Gasteiger partial charge in [-0.2, -0.15) is 0 Å². The number of amides is 1. The van der Waals surface area contributed by atoms with Crippen molar-refractivity contribution >= 4 is 23.2 Å². The summed E-state index contributed by atoms with van der Waals surface area (Å²) in [5.41, 5.74) is 5.42. The van der Waals surface area contributed by atoms with E-state index >= 15 is 0 Å². The number of nitrogens with zero attached hydrogens (tertiary/aromatic N) is 3. The van der Waals surface area contributed by atoms with Crippen molar-refractivity contribution in [3.8, 4) is 11.3 Å². The summed E-state index contributed by atoms with van der Waals surface area (Å²) in [6.07, 6.45) is 2.25. The van der Waals surface area contributed by atoms with E-state index in [9.17, 15) is 4.79 Å². The van der Waals surface area contributed by atoms with Crippen molar-refractivity contribution in [1.29, 1.82) is 0 Å². The van der Waals surface area contributed by atoms with Gasteiger partial charge in [0, 0.05) is 31.4 Å². The number of likely N-dealkylation sites (N-methyl/N-ethyl adjacent to an activating group) is 1. The van der Waals surface area contributed by atoms with Gasteiger partial charge in [-0.25, -0.2) is 0 Å². The molecule has 1 N–H and O–H groups in total. The van der Waals surface area contributed by atoms with E-state index in [0.717, 1.165) is 19.4 Å². The second kappa shape index (κ2) is 9.35. The first kappa shape index (κ1) is 22.4. The minimum absolute atomic E-state index is 0.0420. The molecule has 1 aliphatic rings. The Morgan fingerprint density at radius 2 is 2.06 bits per heavy atom. The van der Waals surface area contributed by atoms with Crippen LogP contribution in [0.1, 0.15) is 39.7 Å². The largest absolute Gasteiger partial charge is 0.374 e. The highest BCUT2D eigenvalue weighted by Gasteiger charge is 2.25. The predicted octanol–water partition coefficient (Wildman–Crippen LogP) is 4.72. The highest BCUT2D eigenvalue weighted by Crippen LogP contribution is 2.32. The molecule has 3 aromatic rings.